The SMILES string of the molecule is COC(=O)c1ccc(N)c(-n2cc(Br)cn2)n1. The Morgan fingerprint density at radius 1 is 1.53 bits per heavy atom. The fourth-order valence-corrected chi connectivity index (χ4v) is 1.56. The molecule has 2 rings (SSSR count). The first kappa shape index (κ1) is 11.6. The molecular weight excluding hydrogens is 288 g/mol. The van der Waals surface area contributed by atoms with Gasteiger partial charge in [-0.1, -0.05) is 0 Å². The molecule has 0 radical (unpaired) electrons. The summed E-state index contributed by atoms with van der Waals surface area (Å²) in [5, 5.41) is 4.05. The molecule has 0 aromatic carbocycles. The zero-order chi connectivity index (χ0) is 12.4. The van der Waals surface area contributed by atoms with Crippen LogP contribution in [0.4, 0.5) is 5.69 Å². The number of nitrogen functional groups attached to an aromatic ring is 1. The molecule has 2 aromatic heterocycles. The van der Waals surface area contributed by atoms with Gasteiger partial charge in [-0.05, 0) is 28.1 Å². The van der Waals surface area contributed by atoms with E-state index in [0.29, 0.717) is 11.5 Å². The molecule has 0 saturated heterocycles. The van der Waals surface area contributed by atoms with E-state index >= 15 is 0 Å². The number of carbonyl (C=O) groups excluding carboxylic acids is 1. The predicted octanol–water partition coefficient (Wildman–Crippen LogP) is 1.40. The van der Waals surface area contributed by atoms with Gasteiger partial charge in [0.1, 0.15) is 0 Å². The molecule has 2 N–H and O–H groups in total. The minimum atomic E-state index is -0.516. The highest BCUT2D eigenvalue weighted by Crippen LogP contribution is 2.17. The van der Waals surface area contributed by atoms with Crippen LogP contribution in [0.5, 0.6) is 0 Å². The topological polar surface area (TPSA) is 83.0 Å². The summed E-state index contributed by atoms with van der Waals surface area (Å²) < 4.78 is 6.86. The largest absolute Gasteiger partial charge is 0.464 e. The van der Waals surface area contributed by atoms with Gasteiger partial charge >= 0.3 is 5.97 Å². The number of aromatic nitrogens is 3. The molecule has 0 aliphatic carbocycles. The van der Waals surface area contributed by atoms with Gasteiger partial charge in [-0.2, -0.15) is 5.10 Å². The third-order valence-electron chi connectivity index (χ3n) is 2.07. The van der Waals surface area contributed by atoms with Crippen molar-refractivity contribution in [3.63, 3.8) is 0 Å². The summed E-state index contributed by atoms with van der Waals surface area (Å²) in [5.74, 6) is -0.129. The first-order valence-electron chi connectivity index (χ1n) is 4.67. The van der Waals surface area contributed by atoms with Gasteiger partial charge in [-0.3, -0.25) is 0 Å². The van der Waals surface area contributed by atoms with Gasteiger partial charge in [0.05, 0.1) is 23.5 Å². The van der Waals surface area contributed by atoms with E-state index in [2.05, 4.69) is 30.7 Å². The molecule has 0 amide bonds. The van der Waals surface area contributed by atoms with Crippen molar-refractivity contribution in [2.75, 3.05) is 12.8 Å². The van der Waals surface area contributed by atoms with Crippen LogP contribution in [0, 0.1) is 0 Å². The Bertz CT molecular complexity index is 567. The summed E-state index contributed by atoms with van der Waals surface area (Å²) in [6.45, 7) is 0. The second-order valence-electron chi connectivity index (χ2n) is 3.20. The Labute approximate surface area is 106 Å². The maximum Gasteiger partial charge on any atom is 0.356 e. The number of hydrogen-bond acceptors (Lipinski definition) is 5. The number of methoxy groups -OCH3 is 1. The number of esters is 1. The van der Waals surface area contributed by atoms with Gasteiger partial charge in [-0.25, -0.2) is 14.5 Å². The van der Waals surface area contributed by atoms with Crippen molar-refractivity contribution in [3.05, 3.63) is 34.7 Å². The van der Waals surface area contributed by atoms with Crippen molar-refractivity contribution in [2.24, 2.45) is 0 Å². The van der Waals surface area contributed by atoms with Crippen LogP contribution in [0.2, 0.25) is 0 Å². The summed E-state index contributed by atoms with van der Waals surface area (Å²) >= 11 is 3.27. The van der Waals surface area contributed by atoms with Crippen LogP contribution < -0.4 is 5.73 Å². The standard InChI is InChI=1S/C10H9BrN4O2/c1-17-10(16)8-3-2-7(12)9(14-8)15-5-6(11)4-13-15/h2-5H,12H2,1H3. The van der Waals surface area contributed by atoms with Gasteiger partial charge in [0.25, 0.3) is 0 Å². The molecule has 2 heterocycles. The molecule has 0 aliphatic rings. The predicted molar refractivity (Wildman–Crippen MR) is 64.8 cm³/mol. The molecule has 0 spiro atoms. The molecule has 6 nitrogen and oxygen atoms in total. The molecular formula is C10H9BrN4O2. The average molecular weight is 297 g/mol. The van der Waals surface area contributed by atoms with E-state index in [-0.39, 0.29) is 5.69 Å². The summed E-state index contributed by atoms with van der Waals surface area (Å²) in [5.41, 5.74) is 6.39. The molecule has 2 aromatic rings. The smallest absolute Gasteiger partial charge is 0.356 e. The molecule has 0 aliphatic heterocycles. The monoisotopic (exact) mass is 296 g/mol. The van der Waals surface area contributed by atoms with Gasteiger partial charge < -0.3 is 10.5 Å². The number of halogens is 1. The van der Waals surface area contributed by atoms with Gasteiger partial charge in [0.2, 0.25) is 0 Å². The molecule has 0 bridgehead atoms. The van der Waals surface area contributed by atoms with Gasteiger partial charge in [0, 0.05) is 6.20 Å². The van der Waals surface area contributed by atoms with Crippen LogP contribution in [0.1, 0.15) is 10.5 Å². The van der Waals surface area contributed by atoms with Crippen molar-refractivity contribution in [3.8, 4) is 5.82 Å². The Balaban J connectivity index is 2.49. The van der Waals surface area contributed by atoms with E-state index in [0.717, 1.165) is 4.47 Å². The van der Waals surface area contributed by atoms with Crippen molar-refractivity contribution in [2.45, 2.75) is 0 Å². The first-order chi connectivity index (χ1) is 8.11. The number of ether oxygens (including phenoxy) is 1. The van der Waals surface area contributed by atoms with Crippen molar-refractivity contribution >= 4 is 27.6 Å². The lowest BCUT2D eigenvalue weighted by atomic mass is 10.3. The normalized spacial score (nSPS) is 10.2. The van der Waals surface area contributed by atoms with Crippen LogP contribution >= 0.6 is 15.9 Å². The zero-order valence-corrected chi connectivity index (χ0v) is 10.5. The maximum atomic E-state index is 11.3. The molecule has 0 atom stereocenters. The number of pyridine rings is 1. The molecule has 88 valence electrons. The van der Waals surface area contributed by atoms with Crippen LogP contribution in [-0.2, 0) is 4.74 Å². The number of nitrogens with zero attached hydrogens (tertiary/aromatic N) is 3. The Kier molecular flexibility index (Phi) is 3.10. The van der Waals surface area contributed by atoms with Gasteiger partial charge in [0.15, 0.2) is 11.5 Å². The minimum absolute atomic E-state index is 0.184. The van der Waals surface area contributed by atoms with E-state index in [1.54, 1.807) is 18.5 Å². The van der Waals surface area contributed by atoms with E-state index in [4.69, 9.17) is 5.73 Å². The second-order valence-corrected chi connectivity index (χ2v) is 4.12. The summed E-state index contributed by atoms with van der Waals surface area (Å²) in [7, 11) is 1.30. The van der Waals surface area contributed by atoms with Crippen molar-refractivity contribution in [1.82, 2.24) is 14.8 Å². The molecule has 0 unspecified atom stereocenters. The number of anilines is 1. The van der Waals surface area contributed by atoms with Crippen LogP contribution in [0.15, 0.2) is 29.0 Å². The third-order valence-corrected chi connectivity index (χ3v) is 2.48. The van der Waals surface area contributed by atoms with Crippen LogP contribution in [0.25, 0.3) is 5.82 Å². The minimum Gasteiger partial charge on any atom is -0.464 e. The van der Waals surface area contributed by atoms with Crippen molar-refractivity contribution < 1.29 is 9.53 Å². The fraction of sp³-hybridized carbons (Fsp3) is 0.100. The highest BCUT2D eigenvalue weighted by atomic mass is 79.9. The number of rotatable bonds is 2. The highest BCUT2D eigenvalue weighted by Gasteiger charge is 2.12. The third kappa shape index (κ3) is 2.28. The van der Waals surface area contributed by atoms with E-state index in [9.17, 15) is 4.79 Å². The average Bonchev–Trinajstić information content (AvgIpc) is 2.75. The van der Waals surface area contributed by atoms with E-state index in [1.165, 1.54) is 17.9 Å². The molecule has 0 fully saturated rings. The quantitative estimate of drug-likeness (QED) is 0.847. The van der Waals surface area contributed by atoms with Crippen LogP contribution in [0.3, 0.4) is 0 Å². The lowest BCUT2D eigenvalue weighted by Crippen LogP contribution is -2.10. The summed E-state index contributed by atoms with van der Waals surface area (Å²) in [6, 6.07) is 3.09. The van der Waals surface area contributed by atoms with Crippen molar-refractivity contribution in [1.29, 1.82) is 0 Å². The first-order valence-corrected chi connectivity index (χ1v) is 5.46. The lowest BCUT2D eigenvalue weighted by Gasteiger charge is -2.06. The zero-order valence-electron chi connectivity index (χ0n) is 8.92. The fourth-order valence-electron chi connectivity index (χ4n) is 1.28. The van der Waals surface area contributed by atoms with Crippen LogP contribution in [-0.4, -0.2) is 27.8 Å². The highest BCUT2D eigenvalue weighted by molar-refractivity contribution is 9.10. The maximum absolute atomic E-state index is 11.3. The molecule has 0 saturated carbocycles. The molecule has 7 heteroatoms. The lowest BCUT2D eigenvalue weighted by molar-refractivity contribution is 0.0594. The number of hydrogen-bond donors (Lipinski definition) is 1. The summed E-state index contributed by atoms with van der Waals surface area (Å²) in [6.07, 6.45) is 3.30. The van der Waals surface area contributed by atoms with E-state index in [1.807, 2.05) is 0 Å². The Morgan fingerprint density at radius 3 is 2.88 bits per heavy atom. The second kappa shape index (κ2) is 4.54. The number of carbonyl (C=O) groups is 1. The van der Waals surface area contributed by atoms with E-state index < -0.39 is 5.97 Å². The Morgan fingerprint density at radius 2 is 2.29 bits per heavy atom. The Hall–Kier alpha value is -1.89. The number of nitrogens with two attached hydrogens (primary N) is 1. The van der Waals surface area contributed by atoms with Gasteiger partial charge in [-0.15, -0.1) is 0 Å². The molecule has 17 heavy (non-hydrogen) atoms. The summed E-state index contributed by atoms with van der Waals surface area (Å²) in [4.78, 5) is 15.5.